The van der Waals surface area contributed by atoms with Crippen LogP contribution in [0, 0.1) is 5.92 Å². The van der Waals surface area contributed by atoms with Crippen LogP contribution in [0.15, 0.2) is 18.2 Å². The van der Waals surface area contributed by atoms with Crippen molar-refractivity contribution in [3.05, 3.63) is 29.3 Å². The second-order valence-corrected chi connectivity index (χ2v) is 5.87. The van der Waals surface area contributed by atoms with Crippen LogP contribution in [0.25, 0.3) is 0 Å². The number of aliphatic hydroxyl groups excluding tert-OH is 1. The van der Waals surface area contributed by atoms with Gasteiger partial charge < -0.3 is 15.7 Å². The summed E-state index contributed by atoms with van der Waals surface area (Å²) in [5, 5.41) is 16.9. The van der Waals surface area contributed by atoms with E-state index < -0.39 is 0 Å². The van der Waals surface area contributed by atoms with Crippen molar-refractivity contribution in [1.82, 2.24) is 5.32 Å². The lowest BCUT2D eigenvalue weighted by Gasteiger charge is -2.22. The SMILES string of the molecule is OC1CCCC1CNCc1cccc2c1NCCC2. The van der Waals surface area contributed by atoms with E-state index >= 15 is 0 Å². The number of aryl methyl sites for hydroxylation is 1. The van der Waals surface area contributed by atoms with Crippen molar-refractivity contribution >= 4 is 5.69 Å². The molecule has 0 saturated heterocycles. The highest BCUT2D eigenvalue weighted by Crippen LogP contribution is 2.27. The molecule has 0 aromatic heterocycles. The summed E-state index contributed by atoms with van der Waals surface area (Å²) in [6, 6.07) is 6.59. The van der Waals surface area contributed by atoms with Crippen molar-refractivity contribution in [3.63, 3.8) is 0 Å². The third-order valence-electron chi connectivity index (χ3n) is 4.50. The third-order valence-corrected chi connectivity index (χ3v) is 4.50. The van der Waals surface area contributed by atoms with Crippen molar-refractivity contribution in [2.45, 2.75) is 44.8 Å². The second-order valence-electron chi connectivity index (χ2n) is 5.87. The fraction of sp³-hybridized carbons (Fsp3) is 0.625. The monoisotopic (exact) mass is 260 g/mol. The molecule has 1 fully saturated rings. The highest BCUT2D eigenvalue weighted by atomic mass is 16.3. The van der Waals surface area contributed by atoms with Crippen molar-refractivity contribution in [3.8, 4) is 0 Å². The van der Waals surface area contributed by atoms with Gasteiger partial charge in [-0.05, 0) is 42.7 Å². The predicted octanol–water partition coefficient (Wildman–Crippen LogP) is 2.30. The standard InChI is InChI=1S/C16H24N2O/c19-15-8-2-5-13(15)10-17-11-14-6-1-4-12-7-3-9-18-16(12)14/h1,4,6,13,15,17-19H,2-3,5,7-11H2. The highest BCUT2D eigenvalue weighted by molar-refractivity contribution is 5.59. The molecular formula is C16H24N2O. The number of hydrogen-bond acceptors (Lipinski definition) is 3. The lowest BCUT2D eigenvalue weighted by Crippen LogP contribution is -2.28. The van der Waals surface area contributed by atoms with Gasteiger partial charge in [0.25, 0.3) is 0 Å². The average Bonchev–Trinajstić information content (AvgIpc) is 2.85. The van der Waals surface area contributed by atoms with Gasteiger partial charge in [0.15, 0.2) is 0 Å². The summed E-state index contributed by atoms with van der Waals surface area (Å²) in [5.74, 6) is 0.451. The molecule has 3 heteroatoms. The molecule has 2 unspecified atom stereocenters. The van der Waals surface area contributed by atoms with Gasteiger partial charge in [-0.2, -0.15) is 0 Å². The Bertz CT molecular complexity index is 433. The number of aliphatic hydroxyl groups is 1. The molecule has 3 nitrogen and oxygen atoms in total. The molecule has 1 aliphatic carbocycles. The zero-order valence-corrected chi connectivity index (χ0v) is 11.5. The number of rotatable bonds is 4. The van der Waals surface area contributed by atoms with Gasteiger partial charge in [-0.15, -0.1) is 0 Å². The van der Waals surface area contributed by atoms with Crippen molar-refractivity contribution in [1.29, 1.82) is 0 Å². The van der Waals surface area contributed by atoms with Crippen molar-refractivity contribution in [2.24, 2.45) is 5.92 Å². The molecule has 1 heterocycles. The Kier molecular flexibility index (Phi) is 4.04. The summed E-state index contributed by atoms with van der Waals surface area (Å²) >= 11 is 0. The first-order valence-electron chi connectivity index (χ1n) is 7.58. The maximum Gasteiger partial charge on any atom is 0.0580 e. The number of anilines is 1. The Morgan fingerprint density at radius 3 is 3.05 bits per heavy atom. The lowest BCUT2D eigenvalue weighted by atomic mass is 9.99. The van der Waals surface area contributed by atoms with Crippen LogP contribution < -0.4 is 10.6 Å². The Labute approximate surface area is 115 Å². The molecule has 0 amide bonds. The molecule has 1 saturated carbocycles. The van der Waals surface area contributed by atoms with E-state index in [-0.39, 0.29) is 6.10 Å². The minimum Gasteiger partial charge on any atom is -0.393 e. The van der Waals surface area contributed by atoms with E-state index in [1.807, 2.05) is 0 Å². The van der Waals surface area contributed by atoms with Crippen LogP contribution in [0.5, 0.6) is 0 Å². The van der Waals surface area contributed by atoms with Crippen molar-refractivity contribution in [2.75, 3.05) is 18.4 Å². The van der Waals surface area contributed by atoms with Crippen molar-refractivity contribution < 1.29 is 5.11 Å². The first-order chi connectivity index (χ1) is 9.34. The van der Waals surface area contributed by atoms with E-state index in [1.165, 1.54) is 42.5 Å². The quantitative estimate of drug-likeness (QED) is 0.778. The van der Waals surface area contributed by atoms with Gasteiger partial charge in [0.05, 0.1) is 6.10 Å². The second kappa shape index (κ2) is 5.93. The predicted molar refractivity (Wildman–Crippen MR) is 78.3 cm³/mol. The van der Waals surface area contributed by atoms with Crippen LogP contribution >= 0.6 is 0 Å². The molecular weight excluding hydrogens is 236 g/mol. The fourth-order valence-corrected chi connectivity index (χ4v) is 3.38. The number of hydrogen-bond donors (Lipinski definition) is 3. The van der Waals surface area contributed by atoms with Crippen LogP contribution in [-0.4, -0.2) is 24.3 Å². The molecule has 104 valence electrons. The molecule has 1 aliphatic heterocycles. The van der Waals surface area contributed by atoms with Gasteiger partial charge in [0.1, 0.15) is 0 Å². The highest BCUT2D eigenvalue weighted by Gasteiger charge is 2.24. The van der Waals surface area contributed by atoms with Gasteiger partial charge in [0, 0.05) is 25.3 Å². The summed E-state index contributed by atoms with van der Waals surface area (Å²) < 4.78 is 0. The number of benzene rings is 1. The third kappa shape index (κ3) is 2.93. The van der Waals surface area contributed by atoms with E-state index in [1.54, 1.807) is 0 Å². The van der Waals surface area contributed by atoms with E-state index in [4.69, 9.17) is 0 Å². The zero-order valence-electron chi connectivity index (χ0n) is 11.5. The van der Waals surface area contributed by atoms with Gasteiger partial charge in [-0.1, -0.05) is 24.6 Å². The normalized spacial score (nSPS) is 25.9. The molecule has 0 radical (unpaired) electrons. The van der Waals surface area contributed by atoms with E-state index in [2.05, 4.69) is 28.8 Å². The summed E-state index contributed by atoms with van der Waals surface area (Å²) in [6.07, 6.45) is 5.66. The average molecular weight is 260 g/mol. The Morgan fingerprint density at radius 1 is 1.26 bits per heavy atom. The molecule has 1 aromatic carbocycles. The number of para-hydroxylation sites is 1. The van der Waals surface area contributed by atoms with Crippen LogP contribution in [0.1, 0.15) is 36.8 Å². The molecule has 3 N–H and O–H groups in total. The molecule has 2 aliphatic rings. The first-order valence-corrected chi connectivity index (χ1v) is 7.58. The van der Waals surface area contributed by atoms with Gasteiger partial charge in [-0.25, -0.2) is 0 Å². The Morgan fingerprint density at radius 2 is 2.21 bits per heavy atom. The lowest BCUT2D eigenvalue weighted by molar-refractivity contribution is 0.131. The largest absolute Gasteiger partial charge is 0.393 e. The van der Waals surface area contributed by atoms with Crippen LogP contribution in [0.4, 0.5) is 5.69 Å². The summed E-state index contributed by atoms with van der Waals surface area (Å²) in [5.41, 5.74) is 4.16. The Balaban J connectivity index is 1.58. The van der Waals surface area contributed by atoms with Crippen LogP contribution in [-0.2, 0) is 13.0 Å². The Hall–Kier alpha value is -1.06. The van der Waals surface area contributed by atoms with E-state index in [0.29, 0.717) is 5.92 Å². The van der Waals surface area contributed by atoms with Gasteiger partial charge in [-0.3, -0.25) is 0 Å². The van der Waals surface area contributed by atoms with Crippen LogP contribution in [0.3, 0.4) is 0 Å². The zero-order chi connectivity index (χ0) is 13.1. The van der Waals surface area contributed by atoms with E-state index in [9.17, 15) is 5.11 Å². The fourth-order valence-electron chi connectivity index (χ4n) is 3.38. The number of nitrogens with one attached hydrogen (secondary N) is 2. The van der Waals surface area contributed by atoms with Gasteiger partial charge >= 0.3 is 0 Å². The maximum absolute atomic E-state index is 9.83. The molecule has 3 rings (SSSR count). The summed E-state index contributed by atoms with van der Waals surface area (Å²) in [7, 11) is 0. The maximum atomic E-state index is 9.83. The smallest absolute Gasteiger partial charge is 0.0580 e. The first kappa shape index (κ1) is 12.9. The molecule has 2 atom stereocenters. The number of fused-ring (bicyclic) bond motifs is 1. The molecule has 0 bridgehead atoms. The topological polar surface area (TPSA) is 44.3 Å². The summed E-state index contributed by atoms with van der Waals surface area (Å²) in [6.45, 7) is 2.93. The molecule has 0 spiro atoms. The molecule has 19 heavy (non-hydrogen) atoms. The molecule has 1 aromatic rings. The minimum atomic E-state index is -0.0877. The van der Waals surface area contributed by atoms with E-state index in [0.717, 1.165) is 26.1 Å². The summed E-state index contributed by atoms with van der Waals surface area (Å²) in [4.78, 5) is 0. The van der Waals surface area contributed by atoms with Crippen LogP contribution in [0.2, 0.25) is 0 Å². The van der Waals surface area contributed by atoms with Gasteiger partial charge in [0.2, 0.25) is 0 Å². The minimum absolute atomic E-state index is 0.0877.